The van der Waals surface area contributed by atoms with Crippen molar-refractivity contribution in [2.75, 3.05) is 4.90 Å². The second-order valence-corrected chi connectivity index (χ2v) is 8.04. The first kappa shape index (κ1) is 19.5. The number of rotatable bonds is 5. The molecule has 4 aromatic rings. The molecule has 0 spiro atoms. The van der Waals surface area contributed by atoms with Gasteiger partial charge in [-0.25, -0.2) is 0 Å². The number of hydrogen-bond acceptors (Lipinski definition) is 2. The lowest BCUT2D eigenvalue weighted by Gasteiger charge is -2.29. The SMILES string of the molecule is CCc1ccc(N2C(=S)NC(c3ccccn3)C2c2cccn2-c2ccccc2)cc1. The molecule has 2 unspecified atom stereocenters. The van der Waals surface area contributed by atoms with E-state index in [1.54, 1.807) is 0 Å². The summed E-state index contributed by atoms with van der Waals surface area (Å²) >= 11 is 5.85. The number of pyridine rings is 1. The van der Waals surface area contributed by atoms with Gasteiger partial charge in [-0.05, 0) is 72.7 Å². The number of anilines is 1. The summed E-state index contributed by atoms with van der Waals surface area (Å²) in [4.78, 5) is 6.88. The minimum Gasteiger partial charge on any atom is -0.351 e. The van der Waals surface area contributed by atoms with Crippen molar-refractivity contribution in [2.24, 2.45) is 0 Å². The maximum absolute atomic E-state index is 5.85. The zero-order chi connectivity index (χ0) is 21.2. The standard InChI is InChI=1S/C26H24N4S/c1-2-19-13-15-21(16-14-19)30-25(24(28-26(30)31)22-11-6-7-17-27-22)23-12-8-18-29(23)20-9-4-3-5-10-20/h3-18,24-25H,2H2,1H3,(H,28,31). The predicted molar refractivity (Wildman–Crippen MR) is 130 cm³/mol. The fourth-order valence-corrected chi connectivity index (χ4v) is 4.63. The van der Waals surface area contributed by atoms with Crippen molar-refractivity contribution < 1.29 is 0 Å². The van der Waals surface area contributed by atoms with Gasteiger partial charge in [-0.2, -0.15) is 0 Å². The summed E-state index contributed by atoms with van der Waals surface area (Å²) in [5, 5.41) is 4.26. The number of benzene rings is 2. The van der Waals surface area contributed by atoms with E-state index in [-0.39, 0.29) is 12.1 Å². The van der Waals surface area contributed by atoms with Crippen LogP contribution in [0.5, 0.6) is 0 Å². The Morgan fingerprint density at radius 2 is 1.65 bits per heavy atom. The molecule has 3 heterocycles. The van der Waals surface area contributed by atoms with E-state index >= 15 is 0 Å². The zero-order valence-corrected chi connectivity index (χ0v) is 18.2. The highest BCUT2D eigenvalue weighted by atomic mass is 32.1. The van der Waals surface area contributed by atoms with E-state index in [1.807, 2.05) is 24.4 Å². The minimum absolute atomic E-state index is 0.0370. The molecular formula is C26H24N4S. The molecule has 1 aliphatic heterocycles. The van der Waals surface area contributed by atoms with Crippen molar-refractivity contribution in [1.82, 2.24) is 14.9 Å². The summed E-state index contributed by atoms with van der Waals surface area (Å²) in [7, 11) is 0. The molecule has 154 valence electrons. The number of thiocarbonyl (C=S) groups is 1. The van der Waals surface area contributed by atoms with Gasteiger partial charge in [-0.3, -0.25) is 4.98 Å². The van der Waals surface area contributed by atoms with E-state index < -0.39 is 0 Å². The molecule has 1 N–H and O–H groups in total. The average Bonchev–Trinajstić information content (AvgIpc) is 3.44. The first-order chi connectivity index (χ1) is 15.3. The molecule has 2 aromatic heterocycles. The number of para-hydroxylation sites is 1. The lowest BCUT2D eigenvalue weighted by molar-refractivity contribution is 0.549. The quantitative estimate of drug-likeness (QED) is 0.422. The van der Waals surface area contributed by atoms with Crippen molar-refractivity contribution >= 4 is 23.0 Å². The molecule has 0 aliphatic carbocycles. The lowest BCUT2D eigenvalue weighted by Crippen LogP contribution is -2.30. The van der Waals surface area contributed by atoms with Crippen molar-refractivity contribution in [1.29, 1.82) is 0 Å². The van der Waals surface area contributed by atoms with E-state index in [2.05, 4.69) is 99.6 Å². The van der Waals surface area contributed by atoms with Crippen molar-refractivity contribution in [2.45, 2.75) is 25.4 Å². The van der Waals surface area contributed by atoms with E-state index in [0.717, 1.165) is 29.2 Å². The van der Waals surface area contributed by atoms with Gasteiger partial charge in [0.15, 0.2) is 5.11 Å². The Kier molecular flexibility index (Phi) is 5.26. The van der Waals surface area contributed by atoms with Crippen molar-refractivity contribution in [3.8, 4) is 5.69 Å². The summed E-state index contributed by atoms with van der Waals surface area (Å²) in [5.74, 6) is 0. The minimum atomic E-state index is -0.0584. The van der Waals surface area contributed by atoms with Gasteiger partial charge in [-0.15, -0.1) is 0 Å². The summed E-state index contributed by atoms with van der Waals surface area (Å²) in [5.41, 5.74) is 5.66. The summed E-state index contributed by atoms with van der Waals surface area (Å²) in [6.07, 6.45) is 4.96. The number of aryl methyl sites for hydroxylation is 1. The van der Waals surface area contributed by atoms with Crippen LogP contribution in [-0.4, -0.2) is 14.7 Å². The molecular weight excluding hydrogens is 400 g/mol. The highest BCUT2D eigenvalue weighted by Gasteiger charge is 2.42. The molecule has 0 bridgehead atoms. The van der Waals surface area contributed by atoms with Crippen LogP contribution in [0.4, 0.5) is 5.69 Å². The van der Waals surface area contributed by atoms with E-state index in [1.165, 1.54) is 5.56 Å². The molecule has 5 heteroatoms. The highest BCUT2D eigenvalue weighted by molar-refractivity contribution is 7.80. The number of nitrogens with zero attached hydrogens (tertiary/aromatic N) is 3. The first-order valence-corrected chi connectivity index (χ1v) is 11.0. The summed E-state index contributed by atoms with van der Waals surface area (Å²) in [6.45, 7) is 2.17. The third-order valence-electron chi connectivity index (χ3n) is 5.84. The van der Waals surface area contributed by atoms with E-state index in [9.17, 15) is 0 Å². The maximum atomic E-state index is 5.85. The Labute approximate surface area is 188 Å². The Bertz CT molecular complexity index is 1170. The maximum Gasteiger partial charge on any atom is 0.174 e. The molecule has 2 aromatic carbocycles. The van der Waals surface area contributed by atoms with Crippen LogP contribution in [0.25, 0.3) is 5.69 Å². The van der Waals surface area contributed by atoms with Crippen LogP contribution in [0.1, 0.15) is 36.0 Å². The van der Waals surface area contributed by atoms with Crippen LogP contribution in [0.3, 0.4) is 0 Å². The van der Waals surface area contributed by atoms with Gasteiger partial charge >= 0.3 is 0 Å². The molecule has 1 fully saturated rings. The Balaban J connectivity index is 1.65. The van der Waals surface area contributed by atoms with Gasteiger partial charge in [-0.1, -0.05) is 43.3 Å². The smallest absolute Gasteiger partial charge is 0.174 e. The van der Waals surface area contributed by atoms with Crippen LogP contribution in [-0.2, 0) is 6.42 Å². The van der Waals surface area contributed by atoms with Crippen molar-refractivity contribution in [3.63, 3.8) is 0 Å². The first-order valence-electron chi connectivity index (χ1n) is 10.6. The van der Waals surface area contributed by atoms with Gasteiger partial charge in [0.25, 0.3) is 0 Å². The van der Waals surface area contributed by atoms with Crippen LogP contribution in [0, 0.1) is 0 Å². The lowest BCUT2D eigenvalue weighted by atomic mass is 10.0. The molecule has 0 amide bonds. The van der Waals surface area contributed by atoms with Gasteiger partial charge < -0.3 is 14.8 Å². The second-order valence-electron chi connectivity index (χ2n) is 7.66. The Morgan fingerprint density at radius 3 is 2.35 bits per heavy atom. The molecule has 31 heavy (non-hydrogen) atoms. The van der Waals surface area contributed by atoms with Gasteiger partial charge in [0.05, 0.1) is 11.7 Å². The van der Waals surface area contributed by atoms with Gasteiger partial charge in [0.1, 0.15) is 6.04 Å². The van der Waals surface area contributed by atoms with Gasteiger partial charge in [0, 0.05) is 29.5 Å². The number of hydrogen-bond donors (Lipinski definition) is 1. The number of nitrogens with one attached hydrogen (secondary N) is 1. The third kappa shape index (κ3) is 3.62. The summed E-state index contributed by atoms with van der Waals surface area (Å²) in [6, 6.07) is 29.3. The predicted octanol–water partition coefficient (Wildman–Crippen LogP) is 5.61. The van der Waals surface area contributed by atoms with E-state index in [0.29, 0.717) is 5.11 Å². The summed E-state index contributed by atoms with van der Waals surface area (Å²) < 4.78 is 2.24. The fourth-order valence-electron chi connectivity index (χ4n) is 4.28. The topological polar surface area (TPSA) is 33.1 Å². The molecule has 4 nitrogen and oxygen atoms in total. The van der Waals surface area contributed by atoms with Crippen LogP contribution in [0.15, 0.2) is 97.3 Å². The molecule has 0 radical (unpaired) electrons. The highest BCUT2D eigenvalue weighted by Crippen LogP contribution is 2.42. The van der Waals surface area contributed by atoms with E-state index in [4.69, 9.17) is 12.2 Å². The molecule has 2 atom stereocenters. The molecule has 0 saturated carbocycles. The molecule has 1 saturated heterocycles. The molecule has 1 aliphatic rings. The van der Waals surface area contributed by atoms with Crippen LogP contribution in [0.2, 0.25) is 0 Å². The Hall–Kier alpha value is -3.44. The molecule has 5 rings (SSSR count). The van der Waals surface area contributed by atoms with Gasteiger partial charge in [0.2, 0.25) is 0 Å². The monoisotopic (exact) mass is 424 g/mol. The zero-order valence-electron chi connectivity index (χ0n) is 17.3. The average molecular weight is 425 g/mol. The largest absolute Gasteiger partial charge is 0.351 e. The van der Waals surface area contributed by atoms with Crippen LogP contribution < -0.4 is 10.2 Å². The normalized spacial score (nSPS) is 18.2. The fraction of sp³-hybridized carbons (Fsp3) is 0.154. The Morgan fingerprint density at radius 1 is 0.871 bits per heavy atom. The third-order valence-corrected chi connectivity index (χ3v) is 6.15. The van der Waals surface area contributed by atoms with Crippen LogP contribution >= 0.6 is 12.2 Å². The second kappa shape index (κ2) is 8.36. The van der Waals surface area contributed by atoms with Crippen molar-refractivity contribution in [3.05, 3.63) is 114 Å². The number of aromatic nitrogens is 2.